The molecule has 0 radical (unpaired) electrons. The Bertz CT molecular complexity index is 368. The molecule has 3 nitrogen and oxygen atoms in total. The molecule has 0 aliphatic heterocycles. The third-order valence-electron chi connectivity index (χ3n) is 2.75. The van der Waals surface area contributed by atoms with Crippen molar-refractivity contribution in [3.63, 3.8) is 0 Å². The predicted molar refractivity (Wildman–Crippen MR) is 70.7 cm³/mol. The largest absolute Gasteiger partial charge is 0.494 e. The van der Waals surface area contributed by atoms with Crippen LogP contribution >= 0.6 is 0 Å². The first-order valence-electron chi connectivity index (χ1n) is 6.43. The Balaban J connectivity index is 2.50. The van der Waals surface area contributed by atoms with Gasteiger partial charge in [0.25, 0.3) is 5.92 Å². The Morgan fingerprint density at radius 1 is 1.32 bits per heavy atom. The average Bonchev–Trinajstić information content (AvgIpc) is 2.43. The minimum atomic E-state index is -3.08. The van der Waals surface area contributed by atoms with E-state index in [-0.39, 0.29) is 6.04 Å². The summed E-state index contributed by atoms with van der Waals surface area (Å²) in [5.74, 6) is -2.31. The minimum absolute atomic E-state index is 0.211. The summed E-state index contributed by atoms with van der Waals surface area (Å²) in [4.78, 5) is 0. The number of halogens is 2. The molecule has 5 heteroatoms. The van der Waals surface area contributed by atoms with E-state index >= 15 is 0 Å². The van der Waals surface area contributed by atoms with Gasteiger partial charge >= 0.3 is 0 Å². The van der Waals surface area contributed by atoms with Gasteiger partial charge in [-0.3, -0.25) is 0 Å². The smallest absolute Gasteiger partial charge is 0.282 e. The highest BCUT2D eigenvalue weighted by molar-refractivity contribution is 5.28. The molecule has 1 aromatic carbocycles. The molecule has 0 bridgehead atoms. The van der Waals surface area contributed by atoms with Crippen LogP contribution in [0.5, 0.6) is 5.75 Å². The van der Waals surface area contributed by atoms with Gasteiger partial charge in [-0.05, 0) is 31.0 Å². The predicted octanol–water partition coefficient (Wildman–Crippen LogP) is 2.75. The molecule has 1 rings (SSSR count). The first-order chi connectivity index (χ1) is 8.98. The monoisotopic (exact) mass is 273 g/mol. The minimum Gasteiger partial charge on any atom is -0.494 e. The number of hydrogen-bond acceptors (Lipinski definition) is 3. The number of ether oxygens (including phenoxy) is 1. The summed E-state index contributed by atoms with van der Waals surface area (Å²) in [6, 6.07) is 7.14. The van der Waals surface area contributed by atoms with Crippen LogP contribution in [0.15, 0.2) is 24.3 Å². The van der Waals surface area contributed by atoms with Gasteiger partial charge in [-0.1, -0.05) is 19.1 Å². The first kappa shape index (κ1) is 15.9. The normalized spacial score (nSPS) is 13.3. The molecule has 1 atom stereocenters. The third kappa shape index (κ3) is 5.53. The lowest BCUT2D eigenvalue weighted by molar-refractivity contribution is -0.0490. The quantitative estimate of drug-likeness (QED) is 0.765. The molecule has 0 aromatic heterocycles. The van der Waals surface area contributed by atoms with E-state index in [0.29, 0.717) is 6.61 Å². The van der Waals surface area contributed by atoms with E-state index < -0.39 is 19.1 Å². The van der Waals surface area contributed by atoms with Crippen LogP contribution in [-0.4, -0.2) is 30.8 Å². The fourth-order valence-electron chi connectivity index (χ4n) is 1.55. The van der Waals surface area contributed by atoms with Crippen molar-refractivity contribution in [1.29, 1.82) is 0 Å². The highest BCUT2D eigenvalue weighted by atomic mass is 19.3. The highest BCUT2D eigenvalue weighted by Gasteiger charge is 2.27. The van der Waals surface area contributed by atoms with Crippen molar-refractivity contribution in [3.05, 3.63) is 29.8 Å². The van der Waals surface area contributed by atoms with Gasteiger partial charge in [-0.15, -0.1) is 0 Å². The zero-order valence-corrected chi connectivity index (χ0v) is 11.3. The van der Waals surface area contributed by atoms with Crippen LogP contribution in [0.4, 0.5) is 8.78 Å². The summed E-state index contributed by atoms with van der Waals surface area (Å²) in [5.41, 5.74) is 0.901. The fourth-order valence-corrected chi connectivity index (χ4v) is 1.55. The molecule has 0 saturated heterocycles. The SMILES string of the molecule is CCCOc1ccc(C(C)NCC(F)(F)CO)cc1. The lowest BCUT2D eigenvalue weighted by Crippen LogP contribution is -2.37. The summed E-state index contributed by atoms with van der Waals surface area (Å²) in [7, 11) is 0. The molecular weight excluding hydrogens is 252 g/mol. The summed E-state index contributed by atoms with van der Waals surface area (Å²) >= 11 is 0. The number of alkyl halides is 2. The molecule has 0 aliphatic rings. The van der Waals surface area contributed by atoms with Gasteiger partial charge < -0.3 is 15.2 Å². The van der Waals surface area contributed by atoms with Gasteiger partial charge in [-0.25, -0.2) is 8.78 Å². The van der Waals surface area contributed by atoms with E-state index in [1.54, 1.807) is 6.92 Å². The van der Waals surface area contributed by atoms with Gasteiger partial charge in [-0.2, -0.15) is 0 Å². The Morgan fingerprint density at radius 3 is 2.47 bits per heavy atom. The summed E-state index contributed by atoms with van der Waals surface area (Å²) in [6.07, 6.45) is 0.940. The number of nitrogens with one attached hydrogen (secondary N) is 1. The van der Waals surface area contributed by atoms with E-state index in [1.165, 1.54) is 0 Å². The van der Waals surface area contributed by atoms with E-state index in [2.05, 4.69) is 5.32 Å². The van der Waals surface area contributed by atoms with E-state index in [4.69, 9.17) is 9.84 Å². The summed E-state index contributed by atoms with van der Waals surface area (Å²) in [6.45, 7) is 2.81. The van der Waals surface area contributed by atoms with Crippen LogP contribution in [-0.2, 0) is 0 Å². The number of benzene rings is 1. The molecule has 19 heavy (non-hydrogen) atoms. The molecule has 0 saturated carbocycles. The Hall–Kier alpha value is -1.20. The molecule has 0 fully saturated rings. The maximum Gasteiger partial charge on any atom is 0.282 e. The number of rotatable bonds is 8. The Morgan fingerprint density at radius 2 is 1.95 bits per heavy atom. The standard InChI is InChI=1S/C14H21F2NO2/c1-3-8-19-13-6-4-12(5-7-13)11(2)17-9-14(15,16)10-18/h4-7,11,17-18H,3,8-10H2,1-2H3. The van der Waals surface area contributed by atoms with E-state index in [1.807, 2.05) is 31.2 Å². The lowest BCUT2D eigenvalue weighted by Gasteiger charge is -2.19. The zero-order chi connectivity index (χ0) is 14.3. The molecule has 2 N–H and O–H groups in total. The molecule has 0 aliphatic carbocycles. The molecule has 0 amide bonds. The Kier molecular flexibility index (Phi) is 6.18. The molecular formula is C14H21F2NO2. The number of aliphatic hydroxyl groups excluding tert-OH is 1. The third-order valence-corrected chi connectivity index (χ3v) is 2.75. The Labute approximate surface area is 112 Å². The van der Waals surface area contributed by atoms with E-state index in [9.17, 15) is 8.78 Å². The fraction of sp³-hybridized carbons (Fsp3) is 0.571. The van der Waals surface area contributed by atoms with Crippen molar-refractivity contribution >= 4 is 0 Å². The van der Waals surface area contributed by atoms with Crippen molar-refractivity contribution in [3.8, 4) is 5.75 Å². The number of hydrogen-bond donors (Lipinski definition) is 2. The van der Waals surface area contributed by atoms with Crippen LogP contribution in [0.25, 0.3) is 0 Å². The van der Waals surface area contributed by atoms with Crippen molar-refractivity contribution in [2.45, 2.75) is 32.2 Å². The highest BCUT2D eigenvalue weighted by Crippen LogP contribution is 2.19. The van der Waals surface area contributed by atoms with Crippen LogP contribution in [0.1, 0.15) is 31.9 Å². The maximum atomic E-state index is 12.9. The van der Waals surface area contributed by atoms with Crippen LogP contribution in [0.3, 0.4) is 0 Å². The van der Waals surface area contributed by atoms with Gasteiger partial charge in [0.2, 0.25) is 0 Å². The van der Waals surface area contributed by atoms with Crippen LogP contribution < -0.4 is 10.1 Å². The summed E-state index contributed by atoms with van der Waals surface area (Å²) in [5, 5.41) is 11.2. The molecule has 108 valence electrons. The van der Waals surface area contributed by atoms with Crippen LogP contribution in [0.2, 0.25) is 0 Å². The second-order valence-corrected chi connectivity index (χ2v) is 4.53. The molecule has 1 unspecified atom stereocenters. The first-order valence-corrected chi connectivity index (χ1v) is 6.43. The van der Waals surface area contributed by atoms with Gasteiger partial charge in [0, 0.05) is 6.04 Å². The second kappa shape index (κ2) is 7.40. The molecule has 1 aromatic rings. The topological polar surface area (TPSA) is 41.5 Å². The van der Waals surface area contributed by atoms with Crippen LogP contribution in [0, 0.1) is 0 Å². The van der Waals surface area contributed by atoms with Gasteiger partial charge in [0.1, 0.15) is 12.4 Å². The lowest BCUT2D eigenvalue weighted by atomic mass is 10.1. The van der Waals surface area contributed by atoms with Crippen molar-refractivity contribution in [1.82, 2.24) is 5.32 Å². The van der Waals surface area contributed by atoms with Crippen molar-refractivity contribution < 1.29 is 18.6 Å². The van der Waals surface area contributed by atoms with Gasteiger partial charge in [0.15, 0.2) is 0 Å². The average molecular weight is 273 g/mol. The van der Waals surface area contributed by atoms with Crippen molar-refractivity contribution in [2.24, 2.45) is 0 Å². The van der Waals surface area contributed by atoms with Crippen molar-refractivity contribution in [2.75, 3.05) is 19.8 Å². The number of aliphatic hydroxyl groups is 1. The van der Waals surface area contributed by atoms with Gasteiger partial charge in [0.05, 0.1) is 13.2 Å². The second-order valence-electron chi connectivity index (χ2n) is 4.53. The molecule has 0 spiro atoms. The maximum absolute atomic E-state index is 12.9. The molecule has 0 heterocycles. The van der Waals surface area contributed by atoms with E-state index in [0.717, 1.165) is 17.7 Å². The summed E-state index contributed by atoms with van der Waals surface area (Å²) < 4.78 is 31.2. The zero-order valence-electron chi connectivity index (χ0n) is 11.3.